The molecule has 0 spiro atoms. The van der Waals surface area contributed by atoms with Gasteiger partial charge in [0.15, 0.2) is 0 Å². The molecule has 1 aromatic carbocycles. The maximum absolute atomic E-state index is 14.2. The number of cyclic esters (lactones) is 1. The number of unbranched alkanes of at least 4 members (excludes halogenated alkanes) is 3. The van der Waals surface area contributed by atoms with Crippen LogP contribution in [0.2, 0.25) is 0 Å². The number of hydrogen-bond donors (Lipinski definition) is 1. The summed E-state index contributed by atoms with van der Waals surface area (Å²) in [4.78, 5) is 84.5. The summed E-state index contributed by atoms with van der Waals surface area (Å²) in [6, 6.07) is 5.86. The van der Waals surface area contributed by atoms with E-state index in [1.165, 1.54) is 0 Å². The summed E-state index contributed by atoms with van der Waals surface area (Å²) < 4.78 is 29.3. The minimum absolute atomic E-state index is 0.0449. The highest BCUT2D eigenvalue weighted by molar-refractivity contribution is 5.91. The molecule has 5 rings (SSSR count). The Morgan fingerprint density at radius 3 is 2.30 bits per heavy atom. The molecular weight excluding hydrogens is 734 g/mol. The molecule has 2 aromatic heterocycles. The molecule has 2 atom stereocenters. The number of ether oxygens (including phenoxy) is 5. The van der Waals surface area contributed by atoms with Gasteiger partial charge in [-0.2, -0.15) is 0 Å². The number of rotatable bonds is 14. The smallest absolute Gasteiger partial charge is 0.458 e. The minimum Gasteiger partial charge on any atom is -0.458 e. The Kier molecular flexibility index (Phi) is 12.8. The average molecular weight is 790 g/mol. The number of carbonyl (C=O) groups is 5. The maximum Gasteiger partial charge on any atom is 0.514 e. The summed E-state index contributed by atoms with van der Waals surface area (Å²) in [6.07, 6.45) is 3.00. The monoisotopic (exact) mass is 789 g/mol. The highest BCUT2D eigenvalue weighted by atomic mass is 16.7. The molecule has 14 nitrogen and oxygen atoms in total. The van der Waals surface area contributed by atoms with Crippen LogP contribution in [-0.2, 0) is 63.3 Å². The Bertz CT molecular complexity index is 2130. The zero-order valence-corrected chi connectivity index (χ0v) is 34.6. The second kappa shape index (κ2) is 17.1. The van der Waals surface area contributed by atoms with Crippen molar-refractivity contribution in [1.82, 2.24) is 14.9 Å². The van der Waals surface area contributed by atoms with Crippen molar-refractivity contribution in [3.05, 3.63) is 56.9 Å². The summed E-state index contributed by atoms with van der Waals surface area (Å²) in [5, 5.41) is 3.46. The standard InChI is InChI=1S/C43H55N3O11/c1-10-13-14-15-16-32(38(50)56-41(4,5)6)44-34(47)19-20-35(48)55-43(12-3)30-22-33-36-28(23-46(33)37(49)29(30)24-53-39(43)51)26(11-2)27-21-25(17-18-31(27)45-36)54-40(52)57-42(7,8)9/h17-18,21-22,32H,10-16,19-20,23-24H2,1-9H3,(H,44,47). The fourth-order valence-electron chi connectivity index (χ4n) is 7.26. The van der Waals surface area contributed by atoms with Gasteiger partial charge >= 0.3 is 24.1 Å². The SMILES string of the molecule is CCCCCCC(NC(=O)CCC(=O)OC1(CC)C(=O)OCc2c1cc1n(c2=O)Cc2c-1nc1ccc(OC(=O)OC(C)(C)C)cc1c2CC)C(=O)OC(C)(C)C. The van der Waals surface area contributed by atoms with Crippen LogP contribution in [-0.4, -0.2) is 56.8 Å². The summed E-state index contributed by atoms with van der Waals surface area (Å²) in [7, 11) is 0. The first-order chi connectivity index (χ1) is 26.8. The fraction of sp³-hybridized carbons (Fsp3) is 0.558. The zero-order chi connectivity index (χ0) is 41.9. The number of fused-ring (bicyclic) bond motifs is 5. The van der Waals surface area contributed by atoms with Gasteiger partial charge in [-0.3, -0.25) is 14.4 Å². The largest absolute Gasteiger partial charge is 0.514 e. The van der Waals surface area contributed by atoms with Crippen LogP contribution >= 0.6 is 0 Å². The van der Waals surface area contributed by atoms with Gasteiger partial charge in [0.1, 0.15) is 29.6 Å². The zero-order valence-electron chi connectivity index (χ0n) is 34.6. The topological polar surface area (TPSA) is 178 Å². The van der Waals surface area contributed by atoms with Crippen molar-refractivity contribution >= 4 is 40.9 Å². The molecule has 2 unspecified atom stereocenters. The predicted octanol–water partition coefficient (Wildman–Crippen LogP) is 7.08. The molecule has 14 heteroatoms. The van der Waals surface area contributed by atoms with E-state index < -0.39 is 64.8 Å². The van der Waals surface area contributed by atoms with Crippen molar-refractivity contribution in [3.63, 3.8) is 0 Å². The van der Waals surface area contributed by atoms with Crippen LogP contribution in [0.15, 0.2) is 29.1 Å². The van der Waals surface area contributed by atoms with E-state index in [9.17, 15) is 28.8 Å². The molecule has 1 amide bonds. The molecule has 0 radical (unpaired) electrons. The lowest BCUT2D eigenvalue weighted by Gasteiger charge is -2.35. The minimum atomic E-state index is -1.95. The van der Waals surface area contributed by atoms with E-state index in [1.54, 1.807) is 77.3 Å². The molecule has 2 aliphatic heterocycles. The molecule has 57 heavy (non-hydrogen) atoms. The van der Waals surface area contributed by atoms with Gasteiger partial charge in [0.25, 0.3) is 5.56 Å². The van der Waals surface area contributed by atoms with Crippen LogP contribution in [0.5, 0.6) is 5.75 Å². The Hall–Kier alpha value is -5.27. The van der Waals surface area contributed by atoms with E-state index in [4.69, 9.17) is 28.7 Å². The third-order valence-electron chi connectivity index (χ3n) is 9.91. The van der Waals surface area contributed by atoms with Crippen molar-refractivity contribution in [2.45, 2.75) is 156 Å². The van der Waals surface area contributed by atoms with Gasteiger partial charge in [-0.25, -0.2) is 19.4 Å². The second-order valence-corrected chi connectivity index (χ2v) is 16.6. The van der Waals surface area contributed by atoms with Crippen molar-refractivity contribution in [3.8, 4) is 17.1 Å². The molecule has 308 valence electrons. The number of nitrogens with one attached hydrogen (secondary N) is 1. The highest BCUT2D eigenvalue weighted by Gasteiger charge is 2.50. The second-order valence-electron chi connectivity index (χ2n) is 16.6. The van der Waals surface area contributed by atoms with E-state index in [2.05, 4.69) is 12.2 Å². The first kappa shape index (κ1) is 42.9. The van der Waals surface area contributed by atoms with Crippen LogP contribution in [0.3, 0.4) is 0 Å². The number of benzene rings is 1. The van der Waals surface area contributed by atoms with Crippen LogP contribution in [0.4, 0.5) is 4.79 Å². The highest BCUT2D eigenvalue weighted by Crippen LogP contribution is 2.42. The van der Waals surface area contributed by atoms with Gasteiger partial charge in [-0.05, 0) is 90.6 Å². The van der Waals surface area contributed by atoms with Gasteiger partial charge in [0, 0.05) is 22.9 Å². The molecule has 4 heterocycles. The molecule has 1 N–H and O–H groups in total. The molecule has 0 saturated carbocycles. The fourth-order valence-corrected chi connectivity index (χ4v) is 7.26. The predicted molar refractivity (Wildman–Crippen MR) is 210 cm³/mol. The Morgan fingerprint density at radius 1 is 0.930 bits per heavy atom. The first-order valence-corrected chi connectivity index (χ1v) is 19.9. The van der Waals surface area contributed by atoms with E-state index in [0.29, 0.717) is 36.2 Å². The van der Waals surface area contributed by atoms with Crippen molar-refractivity contribution in [1.29, 1.82) is 0 Å². The van der Waals surface area contributed by atoms with Crippen molar-refractivity contribution in [2.75, 3.05) is 0 Å². The van der Waals surface area contributed by atoms with Crippen LogP contribution in [0.25, 0.3) is 22.3 Å². The number of nitrogens with zero attached hydrogens (tertiary/aromatic N) is 2. The first-order valence-electron chi connectivity index (χ1n) is 19.9. The van der Waals surface area contributed by atoms with Gasteiger partial charge in [0.05, 0.1) is 35.4 Å². The lowest BCUT2D eigenvalue weighted by molar-refractivity contribution is -0.189. The molecule has 0 saturated heterocycles. The lowest BCUT2D eigenvalue weighted by atomic mass is 9.85. The molecule has 3 aromatic rings. The van der Waals surface area contributed by atoms with Crippen molar-refractivity contribution < 1.29 is 47.7 Å². The molecule has 0 aliphatic carbocycles. The van der Waals surface area contributed by atoms with Crippen LogP contribution in [0.1, 0.15) is 136 Å². The number of amides is 1. The number of aromatic nitrogens is 2. The number of aryl methyl sites for hydroxylation is 1. The molecular formula is C43H55N3O11. The Morgan fingerprint density at radius 2 is 1.65 bits per heavy atom. The number of pyridine rings is 2. The van der Waals surface area contributed by atoms with Gasteiger partial charge in [0.2, 0.25) is 11.5 Å². The summed E-state index contributed by atoms with van der Waals surface area (Å²) >= 11 is 0. The summed E-state index contributed by atoms with van der Waals surface area (Å²) in [6.45, 7) is 16.1. The summed E-state index contributed by atoms with van der Waals surface area (Å²) in [5.41, 5.74) is -0.154. The molecule has 0 bridgehead atoms. The van der Waals surface area contributed by atoms with E-state index >= 15 is 0 Å². The normalized spacial score (nSPS) is 16.5. The van der Waals surface area contributed by atoms with E-state index in [-0.39, 0.29) is 42.9 Å². The van der Waals surface area contributed by atoms with Crippen LogP contribution in [0, 0.1) is 0 Å². The Labute approximate surface area is 332 Å². The van der Waals surface area contributed by atoms with E-state index in [0.717, 1.165) is 35.8 Å². The quantitative estimate of drug-likeness (QED) is 0.0595. The third kappa shape index (κ3) is 9.65. The summed E-state index contributed by atoms with van der Waals surface area (Å²) in [5.74, 6) is -2.49. The van der Waals surface area contributed by atoms with Crippen LogP contribution < -0.4 is 15.6 Å². The van der Waals surface area contributed by atoms with Gasteiger partial charge in [-0.15, -0.1) is 0 Å². The average Bonchev–Trinajstić information content (AvgIpc) is 3.49. The van der Waals surface area contributed by atoms with Gasteiger partial charge < -0.3 is 33.6 Å². The number of esters is 3. The van der Waals surface area contributed by atoms with Crippen molar-refractivity contribution in [2.24, 2.45) is 0 Å². The van der Waals surface area contributed by atoms with E-state index in [1.807, 2.05) is 6.92 Å². The molecule has 2 aliphatic rings. The number of hydrogen-bond acceptors (Lipinski definition) is 12. The maximum atomic E-state index is 14.2. The number of carbonyl (C=O) groups excluding carboxylic acids is 5. The Balaban J connectivity index is 1.40. The molecule has 0 fully saturated rings. The lowest BCUT2D eigenvalue weighted by Crippen LogP contribution is -2.47. The third-order valence-corrected chi connectivity index (χ3v) is 9.91. The van der Waals surface area contributed by atoms with Gasteiger partial charge in [-0.1, -0.05) is 46.5 Å².